The molecule has 0 unspecified atom stereocenters. The molecule has 2 aromatic carbocycles. The molecule has 34 heavy (non-hydrogen) atoms. The van der Waals surface area contributed by atoms with Crippen LogP contribution in [0.5, 0.6) is 11.5 Å². The van der Waals surface area contributed by atoms with E-state index in [0.29, 0.717) is 11.9 Å². The number of hydrogen-bond acceptors (Lipinski definition) is 6. The van der Waals surface area contributed by atoms with Gasteiger partial charge in [0, 0.05) is 18.0 Å². The number of anilines is 2. The van der Waals surface area contributed by atoms with Gasteiger partial charge in [0.1, 0.15) is 17.6 Å². The third-order valence-electron chi connectivity index (χ3n) is 4.41. The number of rotatable bonds is 7. The summed E-state index contributed by atoms with van der Waals surface area (Å²) < 4.78 is 62.3. The van der Waals surface area contributed by atoms with Gasteiger partial charge in [-0.1, -0.05) is 12.1 Å². The average molecular weight is 522 g/mol. The zero-order valence-electron chi connectivity index (χ0n) is 17.6. The second-order valence-electron chi connectivity index (χ2n) is 6.78. The zero-order chi connectivity index (χ0) is 23.3. The molecule has 3 aromatic rings. The fourth-order valence-corrected chi connectivity index (χ4v) is 2.75. The van der Waals surface area contributed by atoms with Crippen LogP contribution in [0.1, 0.15) is 11.1 Å². The number of halogens is 6. The fraction of sp³-hybridized carbons (Fsp3) is 0.182. The Labute approximate surface area is 205 Å². The molecule has 0 saturated carbocycles. The van der Waals surface area contributed by atoms with Gasteiger partial charge in [-0.15, -0.1) is 24.8 Å². The van der Waals surface area contributed by atoms with Crippen molar-refractivity contribution in [1.82, 2.24) is 4.98 Å². The molecule has 1 heterocycles. The van der Waals surface area contributed by atoms with Gasteiger partial charge in [-0.3, -0.25) is 4.79 Å². The van der Waals surface area contributed by atoms with Crippen molar-refractivity contribution in [2.75, 3.05) is 12.4 Å². The fourth-order valence-electron chi connectivity index (χ4n) is 2.75. The third-order valence-corrected chi connectivity index (χ3v) is 4.41. The Morgan fingerprint density at radius 1 is 1.09 bits per heavy atom. The first kappa shape index (κ1) is 29.0. The molecule has 0 aliphatic heterocycles. The molecule has 3 rings (SSSR count). The lowest BCUT2D eigenvalue weighted by Gasteiger charge is -2.12. The summed E-state index contributed by atoms with van der Waals surface area (Å²) in [6.07, 6.45) is -3.51. The SMILES string of the molecule is COC(=O)[C@@H](N)Cc1ccc(Oc2ccc(Nc3ccc(C(F)(F)F)cn3)cc2F)cc1.Cl.Cl. The summed E-state index contributed by atoms with van der Waals surface area (Å²) in [7, 11) is 1.26. The van der Waals surface area contributed by atoms with E-state index < -0.39 is 29.6 Å². The summed E-state index contributed by atoms with van der Waals surface area (Å²) >= 11 is 0. The topological polar surface area (TPSA) is 86.5 Å². The minimum Gasteiger partial charge on any atom is -0.468 e. The van der Waals surface area contributed by atoms with E-state index in [4.69, 9.17) is 10.5 Å². The first-order valence-corrected chi connectivity index (χ1v) is 9.36. The number of hydrogen-bond donors (Lipinski definition) is 2. The molecule has 1 atom stereocenters. The maximum atomic E-state index is 14.4. The highest BCUT2D eigenvalue weighted by Crippen LogP contribution is 2.30. The van der Waals surface area contributed by atoms with E-state index in [1.807, 2.05) is 0 Å². The summed E-state index contributed by atoms with van der Waals surface area (Å²) in [6, 6.07) is 11.9. The molecule has 0 radical (unpaired) electrons. The van der Waals surface area contributed by atoms with E-state index in [1.54, 1.807) is 24.3 Å². The van der Waals surface area contributed by atoms with Gasteiger partial charge in [0.2, 0.25) is 0 Å². The van der Waals surface area contributed by atoms with Gasteiger partial charge in [-0.2, -0.15) is 13.2 Å². The molecular formula is C22H21Cl2F4N3O3. The lowest BCUT2D eigenvalue weighted by atomic mass is 10.1. The van der Waals surface area contributed by atoms with Gasteiger partial charge in [-0.25, -0.2) is 9.37 Å². The summed E-state index contributed by atoms with van der Waals surface area (Å²) in [6.45, 7) is 0. The molecule has 0 fully saturated rings. The second kappa shape index (κ2) is 12.4. The Morgan fingerprint density at radius 2 is 1.76 bits per heavy atom. The number of nitrogens with two attached hydrogens (primary N) is 1. The van der Waals surface area contributed by atoms with Crippen molar-refractivity contribution < 1.29 is 31.8 Å². The Balaban J connectivity index is 0.00000289. The van der Waals surface area contributed by atoms with Crippen molar-refractivity contribution >= 4 is 42.3 Å². The molecule has 0 bridgehead atoms. The number of carbonyl (C=O) groups is 1. The molecule has 3 N–H and O–H groups in total. The smallest absolute Gasteiger partial charge is 0.417 e. The van der Waals surface area contributed by atoms with Crippen molar-refractivity contribution in [2.45, 2.75) is 18.6 Å². The largest absolute Gasteiger partial charge is 0.468 e. The molecule has 6 nitrogen and oxygen atoms in total. The number of ether oxygens (including phenoxy) is 2. The predicted octanol–water partition coefficient (Wildman–Crippen LogP) is 5.66. The average Bonchev–Trinajstić information content (AvgIpc) is 2.76. The van der Waals surface area contributed by atoms with Crippen molar-refractivity contribution in [1.29, 1.82) is 0 Å². The lowest BCUT2D eigenvalue weighted by Crippen LogP contribution is -2.33. The number of benzene rings is 2. The van der Waals surface area contributed by atoms with Crippen molar-refractivity contribution in [2.24, 2.45) is 5.73 Å². The van der Waals surface area contributed by atoms with E-state index in [2.05, 4.69) is 15.0 Å². The lowest BCUT2D eigenvalue weighted by molar-refractivity contribution is -0.142. The Bertz CT molecular complexity index is 1080. The first-order valence-electron chi connectivity index (χ1n) is 9.36. The molecular weight excluding hydrogens is 501 g/mol. The number of esters is 1. The van der Waals surface area contributed by atoms with Crippen LogP contribution < -0.4 is 15.8 Å². The van der Waals surface area contributed by atoms with Crippen molar-refractivity contribution in [3.63, 3.8) is 0 Å². The summed E-state index contributed by atoms with van der Waals surface area (Å²) in [5, 5.41) is 2.73. The Morgan fingerprint density at radius 3 is 2.29 bits per heavy atom. The normalized spacial score (nSPS) is 11.5. The standard InChI is InChI=1S/C22H19F4N3O3.2ClH/c1-31-21(30)18(27)10-13-2-6-16(7-3-13)32-19-8-5-15(11-17(19)23)29-20-9-4-14(12-28-20)22(24,25)26;;/h2-9,11-12,18H,10,27H2,1H3,(H,28,29);2*1H/t18-;;/m0../s1. The molecule has 0 amide bonds. The molecule has 12 heteroatoms. The van der Waals surface area contributed by atoms with E-state index in [-0.39, 0.29) is 48.5 Å². The van der Waals surface area contributed by atoms with Crippen LogP contribution in [0.25, 0.3) is 0 Å². The summed E-state index contributed by atoms with van der Waals surface area (Å²) in [5.74, 6) is -0.752. The van der Waals surface area contributed by atoms with Gasteiger partial charge in [0.15, 0.2) is 11.6 Å². The maximum absolute atomic E-state index is 14.4. The highest BCUT2D eigenvalue weighted by Gasteiger charge is 2.30. The number of aromatic nitrogens is 1. The number of alkyl halides is 3. The quantitative estimate of drug-likeness (QED) is 0.308. The number of nitrogens with one attached hydrogen (secondary N) is 1. The highest BCUT2D eigenvalue weighted by atomic mass is 35.5. The monoisotopic (exact) mass is 521 g/mol. The molecule has 0 spiro atoms. The van der Waals surface area contributed by atoms with Crippen molar-refractivity contribution in [3.05, 3.63) is 77.7 Å². The van der Waals surface area contributed by atoms with Crippen LogP contribution in [0, 0.1) is 5.82 Å². The minimum absolute atomic E-state index is 0. The van der Waals surface area contributed by atoms with Crippen LogP contribution in [0.4, 0.5) is 29.1 Å². The molecule has 184 valence electrons. The predicted molar refractivity (Wildman–Crippen MR) is 124 cm³/mol. The van der Waals surface area contributed by atoms with Crippen LogP contribution in [-0.4, -0.2) is 24.1 Å². The van der Waals surface area contributed by atoms with Crippen LogP contribution in [-0.2, 0) is 22.1 Å². The molecule has 0 saturated heterocycles. The van der Waals surface area contributed by atoms with E-state index in [1.165, 1.54) is 19.2 Å². The van der Waals surface area contributed by atoms with Crippen LogP contribution in [0.15, 0.2) is 60.8 Å². The van der Waals surface area contributed by atoms with E-state index in [9.17, 15) is 22.4 Å². The Kier molecular flexibility index (Phi) is 10.6. The van der Waals surface area contributed by atoms with Gasteiger partial charge < -0.3 is 20.5 Å². The first-order chi connectivity index (χ1) is 15.2. The third kappa shape index (κ3) is 7.75. The second-order valence-corrected chi connectivity index (χ2v) is 6.78. The van der Waals surface area contributed by atoms with Crippen LogP contribution in [0.3, 0.4) is 0 Å². The summed E-state index contributed by atoms with van der Waals surface area (Å²) in [4.78, 5) is 15.1. The molecule has 1 aromatic heterocycles. The number of nitrogens with zero attached hydrogens (tertiary/aromatic N) is 1. The summed E-state index contributed by atoms with van der Waals surface area (Å²) in [5.41, 5.74) is 5.91. The van der Waals surface area contributed by atoms with Gasteiger partial charge >= 0.3 is 12.1 Å². The molecule has 0 aliphatic carbocycles. The van der Waals surface area contributed by atoms with Gasteiger partial charge in [-0.05, 0) is 48.4 Å². The minimum atomic E-state index is -4.48. The Hall–Kier alpha value is -3.08. The highest BCUT2D eigenvalue weighted by molar-refractivity contribution is 5.85. The zero-order valence-corrected chi connectivity index (χ0v) is 19.3. The number of carbonyl (C=O) groups excluding carboxylic acids is 1. The number of pyridine rings is 1. The van der Waals surface area contributed by atoms with Gasteiger partial charge in [0.25, 0.3) is 0 Å². The van der Waals surface area contributed by atoms with Crippen LogP contribution in [0.2, 0.25) is 0 Å². The molecule has 0 aliphatic rings. The van der Waals surface area contributed by atoms with Crippen LogP contribution >= 0.6 is 24.8 Å². The van der Waals surface area contributed by atoms with Gasteiger partial charge in [0.05, 0.1) is 12.7 Å². The maximum Gasteiger partial charge on any atom is 0.417 e. The number of methoxy groups -OCH3 is 1. The van der Waals surface area contributed by atoms with E-state index in [0.717, 1.165) is 23.8 Å². The van der Waals surface area contributed by atoms with E-state index >= 15 is 0 Å². The van der Waals surface area contributed by atoms with Crippen molar-refractivity contribution in [3.8, 4) is 11.5 Å².